The van der Waals surface area contributed by atoms with Crippen molar-refractivity contribution >= 4 is 11.9 Å². The minimum absolute atomic E-state index is 0.158. The summed E-state index contributed by atoms with van der Waals surface area (Å²) >= 11 is 0. The quantitative estimate of drug-likeness (QED) is 0.671. The van der Waals surface area contributed by atoms with Crippen LogP contribution < -0.4 is 5.32 Å². The average Bonchev–Trinajstić information content (AvgIpc) is 2.77. The van der Waals surface area contributed by atoms with Gasteiger partial charge in [0, 0.05) is 11.4 Å². The van der Waals surface area contributed by atoms with Crippen molar-refractivity contribution in [3.05, 3.63) is 93.8 Å². The molecule has 1 aliphatic rings. The number of carbonyl (C=O) groups excluding carboxylic acids is 2. The molecule has 0 spiro atoms. The molecular formula is C26H29NO4. The van der Waals surface area contributed by atoms with E-state index in [1.807, 2.05) is 68.4 Å². The van der Waals surface area contributed by atoms with E-state index in [2.05, 4.69) is 19.2 Å². The Hall–Kier alpha value is -3.34. The number of allylic oxidation sites excluding steroid dienone is 2. The molecule has 0 saturated carbocycles. The number of hydrogen-bond donors (Lipinski definition) is 1. The van der Waals surface area contributed by atoms with Crippen LogP contribution in [-0.2, 0) is 25.7 Å². The lowest BCUT2D eigenvalue weighted by Crippen LogP contribution is -2.32. The van der Waals surface area contributed by atoms with E-state index < -0.39 is 17.9 Å². The summed E-state index contributed by atoms with van der Waals surface area (Å²) in [6.07, 6.45) is 0. The number of methoxy groups -OCH3 is 1. The Balaban J connectivity index is 2.00. The second kappa shape index (κ2) is 9.65. The predicted molar refractivity (Wildman–Crippen MR) is 120 cm³/mol. The first-order chi connectivity index (χ1) is 14.8. The van der Waals surface area contributed by atoms with E-state index in [1.165, 1.54) is 12.7 Å². The zero-order chi connectivity index (χ0) is 22.5. The van der Waals surface area contributed by atoms with Crippen molar-refractivity contribution in [2.24, 2.45) is 0 Å². The molecule has 0 unspecified atom stereocenters. The van der Waals surface area contributed by atoms with Crippen molar-refractivity contribution in [2.45, 2.75) is 46.1 Å². The van der Waals surface area contributed by atoms with Crippen molar-refractivity contribution in [1.29, 1.82) is 0 Å². The molecule has 0 radical (unpaired) electrons. The highest BCUT2D eigenvalue weighted by molar-refractivity contribution is 5.99. The van der Waals surface area contributed by atoms with Gasteiger partial charge in [0.25, 0.3) is 0 Å². The molecule has 31 heavy (non-hydrogen) atoms. The third-order valence-electron chi connectivity index (χ3n) is 5.53. The molecule has 0 saturated heterocycles. The highest BCUT2D eigenvalue weighted by Gasteiger charge is 2.37. The van der Waals surface area contributed by atoms with E-state index in [0.29, 0.717) is 28.5 Å². The van der Waals surface area contributed by atoms with Crippen LogP contribution in [0.5, 0.6) is 0 Å². The maximum absolute atomic E-state index is 13.2. The van der Waals surface area contributed by atoms with E-state index >= 15 is 0 Å². The molecule has 2 aromatic carbocycles. The first-order valence-electron chi connectivity index (χ1n) is 10.4. The van der Waals surface area contributed by atoms with Crippen LogP contribution in [0.15, 0.2) is 77.1 Å². The lowest BCUT2D eigenvalue weighted by molar-refractivity contribution is -0.140. The summed E-state index contributed by atoms with van der Waals surface area (Å²) in [4.78, 5) is 25.9. The second-order valence-electron chi connectivity index (χ2n) is 8.01. The number of dihydropyridines is 1. The number of hydrogen-bond acceptors (Lipinski definition) is 5. The Morgan fingerprint density at radius 2 is 1.48 bits per heavy atom. The topological polar surface area (TPSA) is 64.6 Å². The minimum Gasteiger partial charge on any atom is -0.466 e. The molecular weight excluding hydrogens is 390 g/mol. The van der Waals surface area contributed by atoms with Crippen LogP contribution >= 0.6 is 0 Å². The number of nitrogens with one attached hydrogen (secondary N) is 1. The van der Waals surface area contributed by atoms with Gasteiger partial charge in [0.1, 0.15) is 6.61 Å². The Bertz CT molecular complexity index is 1020. The maximum atomic E-state index is 13.2. The molecule has 0 aromatic heterocycles. The summed E-state index contributed by atoms with van der Waals surface area (Å²) in [5.41, 5.74) is 5.10. The zero-order valence-electron chi connectivity index (χ0n) is 18.7. The molecule has 2 aromatic rings. The van der Waals surface area contributed by atoms with Gasteiger partial charge < -0.3 is 14.8 Å². The van der Waals surface area contributed by atoms with Crippen LogP contribution in [0.2, 0.25) is 0 Å². The third kappa shape index (κ3) is 4.88. The van der Waals surface area contributed by atoms with E-state index in [-0.39, 0.29) is 6.61 Å². The Morgan fingerprint density at radius 3 is 2.03 bits per heavy atom. The van der Waals surface area contributed by atoms with Crippen LogP contribution in [0.3, 0.4) is 0 Å². The standard InChI is InChI=1S/C26H29NO4/c1-16(2)20-11-13-21(14-12-20)24-22(25(28)30-5)17(3)27-18(4)23(24)26(29)31-15-19-9-7-6-8-10-19/h6-14,16,24,27H,15H2,1-5H3/t24-/m1/s1. The molecule has 5 nitrogen and oxygen atoms in total. The van der Waals surface area contributed by atoms with Gasteiger partial charge in [-0.25, -0.2) is 9.59 Å². The van der Waals surface area contributed by atoms with Gasteiger partial charge in [0.15, 0.2) is 0 Å². The summed E-state index contributed by atoms with van der Waals surface area (Å²) in [5, 5.41) is 3.16. The molecule has 0 fully saturated rings. The van der Waals surface area contributed by atoms with Crippen LogP contribution in [-0.4, -0.2) is 19.0 Å². The van der Waals surface area contributed by atoms with Crippen LogP contribution in [0, 0.1) is 0 Å². The van der Waals surface area contributed by atoms with Gasteiger partial charge in [-0.15, -0.1) is 0 Å². The predicted octanol–water partition coefficient (Wildman–Crippen LogP) is 4.96. The fourth-order valence-corrected chi connectivity index (χ4v) is 3.85. The number of carbonyl (C=O) groups is 2. The third-order valence-corrected chi connectivity index (χ3v) is 5.53. The molecule has 162 valence electrons. The van der Waals surface area contributed by atoms with E-state index in [1.54, 1.807) is 0 Å². The van der Waals surface area contributed by atoms with Gasteiger partial charge in [-0.2, -0.15) is 0 Å². The summed E-state index contributed by atoms with van der Waals surface area (Å²) < 4.78 is 10.7. The molecule has 1 heterocycles. The van der Waals surface area contributed by atoms with E-state index in [0.717, 1.165) is 11.1 Å². The first kappa shape index (κ1) is 22.3. The zero-order valence-corrected chi connectivity index (χ0v) is 18.7. The number of esters is 2. The van der Waals surface area contributed by atoms with Gasteiger partial charge in [-0.05, 0) is 36.5 Å². The molecule has 1 N–H and O–H groups in total. The van der Waals surface area contributed by atoms with Gasteiger partial charge in [0.2, 0.25) is 0 Å². The average molecular weight is 420 g/mol. The van der Waals surface area contributed by atoms with Crippen molar-refractivity contribution in [3.8, 4) is 0 Å². The van der Waals surface area contributed by atoms with Crippen LogP contribution in [0.1, 0.15) is 56.2 Å². The molecule has 0 amide bonds. The maximum Gasteiger partial charge on any atom is 0.337 e. The lowest BCUT2D eigenvalue weighted by atomic mass is 9.80. The summed E-state index contributed by atoms with van der Waals surface area (Å²) in [7, 11) is 1.35. The highest BCUT2D eigenvalue weighted by atomic mass is 16.5. The Morgan fingerprint density at radius 1 is 0.903 bits per heavy atom. The summed E-state index contributed by atoms with van der Waals surface area (Å²) in [6, 6.07) is 17.5. The molecule has 3 rings (SSSR count). The SMILES string of the molecule is COC(=O)C1=C(C)NC(C)=C(C(=O)OCc2ccccc2)[C@@H]1c1ccc(C(C)C)cc1. The fraction of sp³-hybridized carbons (Fsp3) is 0.308. The van der Waals surface area contributed by atoms with E-state index in [4.69, 9.17) is 9.47 Å². The van der Waals surface area contributed by atoms with Crippen molar-refractivity contribution < 1.29 is 19.1 Å². The van der Waals surface area contributed by atoms with Crippen molar-refractivity contribution in [2.75, 3.05) is 7.11 Å². The number of ether oxygens (including phenoxy) is 2. The minimum atomic E-state index is -0.571. The van der Waals surface area contributed by atoms with Crippen LogP contribution in [0.25, 0.3) is 0 Å². The van der Waals surface area contributed by atoms with Gasteiger partial charge >= 0.3 is 11.9 Å². The lowest BCUT2D eigenvalue weighted by Gasteiger charge is -2.30. The van der Waals surface area contributed by atoms with Crippen molar-refractivity contribution in [3.63, 3.8) is 0 Å². The second-order valence-corrected chi connectivity index (χ2v) is 8.01. The number of benzene rings is 2. The van der Waals surface area contributed by atoms with Crippen molar-refractivity contribution in [1.82, 2.24) is 5.32 Å². The van der Waals surface area contributed by atoms with Gasteiger partial charge in [-0.3, -0.25) is 0 Å². The van der Waals surface area contributed by atoms with Gasteiger partial charge in [0.05, 0.1) is 24.2 Å². The molecule has 1 aliphatic heterocycles. The van der Waals surface area contributed by atoms with Crippen LogP contribution in [0.4, 0.5) is 0 Å². The van der Waals surface area contributed by atoms with E-state index in [9.17, 15) is 9.59 Å². The number of rotatable bonds is 6. The normalized spacial score (nSPS) is 16.3. The molecule has 0 bridgehead atoms. The Kier molecular flexibility index (Phi) is 6.95. The summed E-state index contributed by atoms with van der Waals surface area (Å²) in [6.45, 7) is 8.05. The first-order valence-corrected chi connectivity index (χ1v) is 10.4. The molecule has 1 atom stereocenters. The fourth-order valence-electron chi connectivity index (χ4n) is 3.85. The molecule has 0 aliphatic carbocycles. The molecule has 5 heteroatoms. The van der Waals surface area contributed by atoms with Gasteiger partial charge in [-0.1, -0.05) is 68.4 Å². The monoisotopic (exact) mass is 419 g/mol. The highest BCUT2D eigenvalue weighted by Crippen LogP contribution is 2.39. The Labute approximate surface area is 183 Å². The summed E-state index contributed by atoms with van der Waals surface area (Å²) in [5.74, 6) is -1.12. The smallest absolute Gasteiger partial charge is 0.337 e. The largest absolute Gasteiger partial charge is 0.466 e.